The molecular formula is C25H24ClN3O2. The second kappa shape index (κ2) is 9.75. The van der Waals surface area contributed by atoms with Crippen molar-refractivity contribution in [1.29, 1.82) is 0 Å². The Bertz CT molecular complexity index is 1050. The van der Waals surface area contributed by atoms with Crippen LogP contribution in [0.15, 0.2) is 73.1 Å². The highest BCUT2D eigenvalue weighted by atomic mass is 35.5. The predicted molar refractivity (Wildman–Crippen MR) is 122 cm³/mol. The van der Waals surface area contributed by atoms with Crippen molar-refractivity contribution < 1.29 is 9.59 Å². The normalized spacial score (nSPS) is 16.1. The second-order valence-electron chi connectivity index (χ2n) is 7.67. The van der Waals surface area contributed by atoms with Gasteiger partial charge < -0.3 is 10.2 Å². The summed E-state index contributed by atoms with van der Waals surface area (Å²) in [6.07, 6.45) is 5.03. The number of aryl methyl sites for hydroxylation is 1. The van der Waals surface area contributed by atoms with Crippen LogP contribution >= 0.6 is 11.6 Å². The number of carbonyl (C=O) groups is 2. The molecule has 0 saturated carbocycles. The molecule has 0 unspecified atom stereocenters. The average molecular weight is 434 g/mol. The lowest BCUT2D eigenvalue weighted by molar-refractivity contribution is -0.143. The number of pyridine rings is 1. The van der Waals surface area contributed by atoms with E-state index < -0.39 is 6.04 Å². The minimum Gasteiger partial charge on any atom is -0.353 e. The highest BCUT2D eigenvalue weighted by Crippen LogP contribution is 2.22. The van der Waals surface area contributed by atoms with Gasteiger partial charge in [-0.2, -0.15) is 0 Å². The Kier molecular flexibility index (Phi) is 6.63. The Hall–Kier alpha value is -3.18. The smallest absolute Gasteiger partial charge is 0.243 e. The third-order valence-corrected chi connectivity index (χ3v) is 5.79. The number of hydrogen-bond acceptors (Lipinski definition) is 3. The Morgan fingerprint density at radius 1 is 1.06 bits per heavy atom. The number of nitrogens with zero attached hydrogens (tertiary/aromatic N) is 2. The Labute approximate surface area is 187 Å². The molecule has 0 aliphatic carbocycles. The summed E-state index contributed by atoms with van der Waals surface area (Å²) >= 11 is 5.94. The van der Waals surface area contributed by atoms with Gasteiger partial charge in [0.05, 0.1) is 0 Å². The molecule has 0 bridgehead atoms. The molecule has 2 aromatic carbocycles. The van der Waals surface area contributed by atoms with E-state index >= 15 is 0 Å². The van der Waals surface area contributed by atoms with Gasteiger partial charge in [0.25, 0.3) is 0 Å². The summed E-state index contributed by atoms with van der Waals surface area (Å²) in [5.74, 6) is -0.101. The maximum Gasteiger partial charge on any atom is 0.243 e. The molecule has 1 aromatic heterocycles. The Morgan fingerprint density at radius 3 is 2.65 bits per heavy atom. The number of amides is 2. The van der Waals surface area contributed by atoms with Crippen molar-refractivity contribution in [3.05, 3.63) is 89.2 Å². The molecule has 1 aliphatic heterocycles. The molecule has 1 aliphatic rings. The number of benzene rings is 2. The number of piperazine rings is 1. The molecule has 2 heterocycles. The quantitative estimate of drug-likeness (QED) is 0.641. The number of hydrogen-bond donors (Lipinski definition) is 1. The van der Waals surface area contributed by atoms with Crippen LogP contribution in [0.25, 0.3) is 11.1 Å². The van der Waals surface area contributed by atoms with Gasteiger partial charge in [-0.3, -0.25) is 14.6 Å². The zero-order chi connectivity index (χ0) is 21.6. The molecular weight excluding hydrogens is 410 g/mol. The van der Waals surface area contributed by atoms with Crippen molar-refractivity contribution in [2.75, 3.05) is 13.1 Å². The zero-order valence-electron chi connectivity index (χ0n) is 17.1. The van der Waals surface area contributed by atoms with Gasteiger partial charge in [-0.1, -0.05) is 54.1 Å². The van der Waals surface area contributed by atoms with Crippen molar-refractivity contribution in [1.82, 2.24) is 15.2 Å². The molecule has 4 rings (SSSR count). The largest absolute Gasteiger partial charge is 0.353 e. The summed E-state index contributed by atoms with van der Waals surface area (Å²) in [5.41, 5.74) is 4.13. The molecule has 6 heteroatoms. The van der Waals surface area contributed by atoms with E-state index in [9.17, 15) is 9.59 Å². The van der Waals surface area contributed by atoms with Crippen LogP contribution in [-0.4, -0.2) is 40.8 Å². The lowest BCUT2D eigenvalue weighted by Crippen LogP contribution is -2.58. The van der Waals surface area contributed by atoms with Crippen LogP contribution in [0.5, 0.6) is 0 Å². The summed E-state index contributed by atoms with van der Waals surface area (Å²) in [5, 5.41) is 3.58. The van der Waals surface area contributed by atoms with Gasteiger partial charge in [0, 0.05) is 43.3 Å². The fourth-order valence-electron chi connectivity index (χ4n) is 3.90. The van der Waals surface area contributed by atoms with E-state index in [-0.39, 0.29) is 11.8 Å². The molecule has 31 heavy (non-hydrogen) atoms. The molecule has 0 spiro atoms. The maximum atomic E-state index is 13.0. The number of aromatic nitrogens is 1. The monoisotopic (exact) mass is 433 g/mol. The third kappa shape index (κ3) is 5.30. The lowest BCUT2D eigenvalue weighted by atomic mass is 9.98. The summed E-state index contributed by atoms with van der Waals surface area (Å²) in [7, 11) is 0. The number of rotatable bonds is 6. The molecule has 1 saturated heterocycles. The third-order valence-electron chi connectivity index (χ3n) is 5.54. The fourth-order valence-corrected chi connectivity index (χ4v) is 4.02. The lowest BCUT2D eigenvalue weighted by Gasteiger charge is -2.35. The minimum absolute atomic E-state index is 0.00165. The van der Waals surface area contributed by atoms with E-state index in [1.807, 2.05) is 60.8 Å². The number of halogens is 1. The van der Waals surface area contributed by atoms with Crippen LogP contribution in [0.4, 0.5) is 0 Å². The summed E-state index contributed by atoms with van der Waals surface area (Å²) < 4.78 is 0. The van der Waals surface area contributed by atoms with Crippen LogP contribution < -0.4 is 5.32 Å². The van der Waals surface area contributed by atoms with E-state index in [4.69, 9.17) is 11.6 Å². The fraction of sp³-hybridized carbons (Fsp3) is 0.240. The van der Waals surface area contributed by atoms with E-state index in [0.717, 1.165) is 22.3 Å². The first-order valence-corrected chi connectivity index (χ1v) is 10.8. The van der Waals surface area contributed by atoms with Gasteiger partial charge in [0.15, 0.2) is 0 Å². The van der Waals surface area contributed by atoms with E-state index in [1.165, 1.54) is 0 Å². The van der Waals surface area contributed by atoms with Gasteiger partial charge >= 0.3 is 0 Å². The molecule has 3 aromatic rings. The molecule has 5 nitrogen and oxygen atoms in total. The van der Waals surface area contributed by atoms with Crippen LogP contribution in [-0.2, 0) is 22.4 Å². The van der Waals surface area contributed by atoms with Crippen molar-refractivity contribution in [2.45, 2.75) is 25.3 Å². The summed E-state index contributed by atoms with van der Waals surface area (Å²) in [6, 6.07) is 19.0. The van der Waals surface area contributed by atoms with E-state index in [2.05, 4.69) is 16.4 Å². The van der Waals surface area contributed by atoms with Gasteiger partial charge in [-0.05, 0) is 46.9 Å². The molecule has 158 valence electrons. The predicted octanol–water partition coefficient (Wildman–Crippen LogP) is 3.90. The first-order valence-electron chi connectivity index (χ1n) is 10.4. The average Bonchev–Trinajstić information content (AvgIpc) is 2.80. The summed E-state index contributed by atoms with van der Waals surface area (Å²) in [6.45, 7) is 1.01. The Morgan fingerprint density at radius 2 is 1.87 bits per heavy atom. The van der Waals surface area contributed by atoms with Crippen LogP contribution in [0, 0.1) is 0 Å². The second-order valence-corrected chi connectivity index (χ2v) is 8.10. The van der Waals surface area contributed by atoms with Crippen LogP contribution in [0.2, 0.25) is 5.02 Å². The topological polar surface area (TPSA) is 62.3 Å². The Balaban J connectivity index is 1.47. The van der Waals surface area contributed by atoms with Gasteiger partial charge in [0.2, 0.25) is 11.8 Å². The van der Waals surface area contributed by atoms with Crippen molar-refractivity contribution in [3.63, 3.8) is 0 Å². The van der Waals surface area contributed by atoms with Gasteiger partial charge in [-0.25, -0.2) is 0 Å². The summed E-state index contributed by atoms with van der Waals surface area (Å²) in [4.78, 5) is 31.5. The zero-order valence-corrected chi connectivity index (χ0v) is 17.9. The van der Waals surface area contributed by atoms with E-state index in [0.29, 0.717) is 37.4 Å². The molecule has 0 radical (unpaired) electrons. The molecule has 2 amide bonds. The molecule has 1 N–H and O–H groups in total. The highest BCUT2D eigenvalue weighted by molar-refractivity contribution is 6.30. The van der Waals surface area contributed by atoms with Crippen molar-refractivity contribution in [3.8, 4) is 11.1 Å². The first-order chi connectivity index (χ1) is 15.1. The standard InChI is InChI=1S/C25H24ClN3O2/c26-22-9-6-18(7-10-22)8-11-24(30)29-14-13-28-25(31)23(29)16-19-3-1-4-20(15-19)21-5-2-12-27-17-21/h1-7,9-10,12,15,17,23H,8,11,13-14,16H2,(H,28,31)/t23-/m1/s1. The maximum absolute atomic E-state index is 13.0. The highest BCUT2D eigenvalue weighted by Gasteiger charge is 2.32. The molecule has 1 atom stereocenters. The van der Waals surface area contributed by atoms with Crippen molar-refractivity contribution >= 4 is 23.4 Å². The van der Waals surface area contributed by atoms with Crippen LogP contribution in [0.1, 0.15) is 17.5 Å². The van der Waals surface area contributed by atoms with Gasteiger partial charge in [-0.15, -0.1) is 0 Å². The first kappa shape index (κ1) is 21.1. The SMILES string of the molecule is O=C1NCCN(C(=O)CCc2ccc(Cl)cc2)[C@@H]1Cc1cccc(-c2cccnc2)c1. The van der Waals surface area contributed by atoms with Crippen molar-refractivity contribution in [2.24, 2.45) is 0 Å². The van der Waals surface area contributed by atoms with Gasteiger partial charge in [0.1, 0.15) is 6.04 Å². The van der Waals surface area contributed by atoms with Crippen LogP contribution in [0.3, 0.4) is 0 Å². The minimum atomic E-state index is -0.504. The number of nitrogens with one attached hydrogen (secondary N) is 1. The molecule has 1 fully saturated rings. The van der Waals surface area contributed by atoms with E-state index in [1.54, 1.807) is 11.1 Å². The number of carbonyl (C=O) groups excluding carboxylic acids is 2.